The van der Waals surface area contributed by atoms with Gasteiger partial charge in [0.25, 0.3) is 0 Å². The van der Waals surface area contributed by atoms with Crippen molar-refractivity contribution < 1.29 is 19.1 Å². The van der Waals surface area contributed by atoms with Crippen molar-refractivity contribution in [3.63, 3.8) is 0 Å². The van der Waals surface area contributed by atoms with E-state index >= 15 is 0 Å². The van der Waals surface area contributed by atoms with E-state index in [0.29, 0.717) is 18.5 Å². The Morgan fingerprint density at radius 2 is 1.43 bits per heavy atom. The summed E-state index contributed by atoms with van der Waals surface area (Å²) in [5.41, 5.74) is 1.64. The van der Waals surface area contributed by atoms with Crippen molar-refractivity contribution in [2.75, 3.05) is 6.54 Å². The summed E-state index contributed by atoms with van der Waals surface area (Å²) >= 11 is 0. The Labute approximate surface area is 133 Å². The first-order valence-corrected chi connectivity index (χ1v) is 7.13. The van der Waals surface area contributed by atoms with Crippen LogP contribution in [0.5, 0.6) is 5.75 Å². The highest BCUT2D eigenvalue weighted by molar-refractivity contribution is 6.35. The molecular weight excluding hydrogens is 299 g/mol. The first kappa shape index (κ1) is 16.5. The number of carbonyl (C=O) groups excluding carboxylic acids is 2. The highest BCUT2D eigenvalue weighted by Crippen LogP contribution is 2.09. The first-order valence-electron chi connectivity index (χ1n) is 7.13. The fourth-order valence-electron chi connectivity index (χ4n) is 1.93. The van der Waals surface area contributed by atoms with Gasteiger partial charge in [0.05, 0.1) is 0 Å². The summed E-state index contributed by atoms with van der Waals surface area (Å²) < 4.78 is 12.7. The number of carbonyl (C=O) groups is 2. The van der Waals surface area contributed by atoms with Gasteiger partial charge >= 0.3 is 11.8 Å². The molecule has 2 aromatic rings. The number of amides is 2. The molecule has 3 N–H and O–H groups in total. The molecule has 0 fully saturated rings. The van der Waals surface area contributed by atoms with Crippen molar-refractivity contribution in [3.05, 3.63) is 65.5 Å². The van der Waals surface area contributed by atoms with Crippen molar-refractivity contribution in [3.8, 4) is 5.75 Å². The maximum Gasteiger partial charge on any atom is 0.309 e. The van der Waals surface area contributed by atoms with Gasteiger partial charge in [-0.2, -0.15) is 0 Å². The number of nitrogens with one attached hydrogen (secondary N) is 2. The minimum Gasteiger partial charge on any atom is -0.508 e. The van der Waals surface area contributed by atoms with Gasteiger partial charge in [-0.05, 0) is 41.8 Å². The van der Waals surface area contributed by atoms with Gasteiger partial charge in [-0.15, -0.1) is 0 Å². The fourth-order valence-corrected chi connectivity index (χ4v) is 1.93. The predicted molar refractivity (Wildman–Crippen MR) is 83.1 cm³/mol. The number of phenols is 1. The summed E-state index contributed by atoms with van der Waals surface area (Å²) in [6, 6.07) is 12.3. The second kappa shape index (κ2) is 7.93. The summed E-state index contributed by atoms with van der Waals surface area (Å²) in [5.74, 6) is -1.63. The summed E-state index contributed by atoms with van der Waals surface area (Å²) in [4.78, 5) is 23.3. The van der Waals surface area contributed by atoms with E-state index in [2.05, 4.69) is 10.6 Å². The lowest BCUT2D eigenvalue weighted by molar-refractivity contribution is -0.139. The lowest BCUT2D eigenvalue weighted by atomic mass is 10.1. The second-order valence-corrected chi connectivity index (χ2v) is 4.98. The largest absolute Gasteiger partial charge is 0.508 e. The van der Waals surface area contributed by atoms with Crippen LogP contribution in [-0.4, -0.2) is 23.5 Å². The molecule has 2 rings (SSSR count). The van der Waals surface area contributed by atoms with E-state index in [-0.39, 0.29) is 18.1 Å². The average Bonchev–Trinajstić information content (AvgIpc) is 2.55. The summed E-state index contributed by atoms with van der Waals surface area (Å²) in [7, 11) is 0. The zero-order valence-corrected chi connectivity index (χ0v) is 12.4. The SMILES string of the molecule is O=C(NCCc1ccc(O)cc1)C(=O)NCc1ccc(F)cc1. The van der Waals surface area contributed by atoms with E-state index in [9.17, 15) is 14.0 Å². The summed E-state index contributed by atoms with van der Waals surface area (Å²) in [6.45, 7) is 0.470. The van der Waals surface area contributed by atoms with Crippen molar-refractivity contribution >= 4 is 11.8 Å². The number of aromatic hydroxyl groups is 1. The van der Waals surface area contributed by atoms with Crippen LogP contribution in [0.25, 0.3) is 0 Å². The molecule has 0 heterocycles. The molecule has 0 bridgehead atoms. The van der Waals surface area contributed by atoms with Crippen LogP contribution >= 0.6 is 0 Å². The van der Waals surface area contributed by atoms with Crippen LogP contribution in [0.15, 0.2) is 48.5 Å². The smallest absolute Gasteiger partial charge is 0.309 e. The molecule has 2 aromatic carbocycles. The Hall–Kier alpha value is -2.89. The summed E-state index contributed by atoms with van der Waals surface area (Å²) in [6.07, 6.45) is 0.553. The van der Waals surface area contributed by atoms with E-state index in [1.165, 1.54) is 12.1 Å². The van der Waals surface area contributed by atoms with E-state index in [4.69, 9.17) is 5.11 Å². The quantitative estimate of drug-likeness (QED) is 0.732. The van der Waals surface area contributed by atoms with Crippen LogP contribution in [-0.2, 0) is 22.6 Å². The number of benzene rings is 2. The summed E-state index contributed by atoms with van der Waals surface area (Å²) in [5, 5.41) is 14.2. The third kappa shape index (κ3) is 5.43. The average molecular weight is 316 g/mol. The fraction of sp³-hybridized carbons (Fsp3) is 0.176. The number of halogens is 1. The van der Waals surface area contributed by atoms with Gasteiger partial charge in [0, 0.05) is 13.1 Å². The lowest BCUT2D eigenvalue weighted by Crippen LogP contribution is -2.40. The molecule has 23 heavy (non-hydrogen) atoms. The Morgan fingerprint density at radius 3 is 2.09 bits per heavy atom. The number of hydrogen-bond donors (Lipinski definition) is 3. The van der Waals surface area contributed by atoms with Crippen LogP contribution in [0, 0.1) is 5.82 Å². The van der Waals surface area contributed by atoms with E-state index in [1.54, 1.807) is 36.4 Å². The molecule has 0 aromatic heterocycles. The van der Waals surface area contributed by atoms with Gasteiger partial charge in [-0.3, -0.25) is 9.59 Å². The van der Waals surface area contributed by atoms with Crippen molar-refractivity contribution in [2.45, 2.75) is 13.0 Å². The number of rotatable bonds is 5. The molecule has 0 aliphatic heterocycles. The minimum absolute atomic E-state index is 0.157. The first-order chi connectivity index (χ1) is 11.0. The zero-order valence-electron chi connectivity index (χ0n) is 12.4. The Kier molecular flexibility index (Phi) is 5.68. The van der Waals surface area contributed by atoms with Crippen LogP contribution in [0.3, 0.4) is 0 Å². The van der Waals surface area contributed by atoms with Crippen molar-refractivity contribution in [2.24, 2.45) is 0 Å². The maximum atomic E-state index is 12.7. The number of hydrogen-bond acceptors (Lipinski definition) is 3. The lowest BCUT2D eigenvalue weighted by Gasteiger charge is -2.07. The molecule has 6 heteroatoms. The van der Waals surface area contributed by atoms with Crippen LogP contribution in [0.1, 0.15) is 11.1 Å². The molecule has 2 amide bonds. The van der Waals surface area contributed by atoms with E-state index in [0.717, 1.165) is 5.56 Å². The van der Waals surface area contributed by atoms with Crippen LogP contribution < -0.4 is 10.6 Å². The molecule has 0 aliphatic carbocycles. The van der Waals surface area contributed by atoms with Gasteiger partial charge in [-0.25, -0.2) is 4.39 Å². The van der Waals surface area contributed by atoms with E-state index in [1.807, 2.05) is 0 Å². The highest BCUT2D eigenvalue weighted by Gasteiger charge is 2.12. The van der Waals surface area contributed by atoms with Gasteiger partial charge in [-0.1, -0.05) is 24.3 Å². The molecule has 0 saturated carbocycles. The zero-order chi connectivity index (χ0) is 16.7. The van der Waals surface area contributed by atoms with Crippen molar-refractivity contribution in [1.29, 1.82) is 0 Å². The molecular formula is C17H17FN2O3. The highest BCUT2D eigenvalue weighted by atomic mass is 19.1. The van der Waals surface area contributed by atoms with Crippen molar-refractivity contribution in [1.82, 2.24) is 10.6 Å². The molecule has 0 saturated heterocycles. The molecule has 0 spiro atoms. The standard InChI is InChI=1S/C17H17FN2O3/c18-14-5-1-13(2-6-14)11-20-17(23)16(22)19-10-9-12-3-7-15(21)8-4-12/h1-8,21H,9-11H2,(H,19,22)(H,20,23). The Bertz CT molecular complexity index is 669. The molecule has 0 radical (unpaired) electrons. The normalized spacial score (nSPS) is 10.1. The third-order valence-corrected chi connectivity index (χ3v) is 3.21. The monoisotopic (exact) mass is 316 g/mol. The predicted octanol–water partition coefficient (Wildman–Crippen LogP) is 1.51. The van der Waals surface area contributed by atoms with Crippen LogP contribution in [0.2, 0.25) is 0 Å². The topological polar surface area (TPSA) is 78.4 Å². The van der Waals surface area contributed by atoms with Gasteiger partial charge in [0.1, 0.15) is 11.6 Å². The third-order valence-electron chi connectivity index (χ3n) is 3.21. The number of phenolic OH excluding ortho intramolecular Hbond substituents is 1. The molecule has 0 atom stereocenters. The van der Waals surface area contributed by atoms with Gasteiger partial charge in [0.15, 0.2) is 0 Å². The molecule has 0 unspecified atom stereocenters. The van der Waals surface area contributed by atoms with Crippen LogP contribution in [0.4, 0.5) is 4.39 Å². The molecule has 5 nitrogen and oxygen atoms in total. The maximum absolute atomic E-state index is 12.7. The minimum atomic E-state index is -0.736. The van der Waals surface area contributed by atoms with Gasteiger partial charge < -0.3 is 15.7 Å². The Balaban J connectivity index is 1.71. The second-order valence-electron chi connectivity index (χ2n) is 4.98. The Morgan fingerprint density at radius 1 is 0.870 bits per heavy atom. The van der Waals surface area contributed by atoms with Gasteiger partial charge in [0.2, 0.25) is 0 Å². The molecule has 120 valence electrons. The van der Waals surface area contributed by atoms with E-state index < -0.39 is 11.8 Å². The molecule has 0 aliphatic rings.